The van der Waals surface area contributed by atoms with Crippen molar-refractivity contribution in [3.8, 4) is 5.75 Å². The second-order valence-electron chi connectivity index (χ2n) is 6.26. The number of halogens is 5. The molecule has 168 valence electrons. The summed E-state index contributed by atoms with van der Waals surface area (Å²) in [5.41, 5.74) is -0.0135. The minimum Gasteiger partial charge on any atom is -0.478 e. The third-order valence-electron chi connectivity index (χ3n) is 4.15. The summed E-state index contributed by atoms with van der Waals surface area (Å²) in [6, 6.07) is 4.16. The van der Waals surface area contributed by atoms with Gasteiger partial charge in [0.05, 0.1) is 26.7 Å². The molecule has 2 aromatic rings. The first-order chi connectivity index (χ1) is 15.0. The predicted molar refractivity (Wildman–Crippen MR) is 153 cm³/mol. The molecule has 1 heterocycles. The van der Waals surface area contributed by atoms with Crippen molar-refractivity contribution in [3.05, 3.63) is 52.7 Å². The summed E-state index contributed by atoms with van der Waals surface area (Å²) in [4.78, 5) is 48.9. The van der Waals surface area contributed by atoms with Crippen LogP contribution in [0.15, 0.2) is 18.2 Å². The second kappa shape index (κ2) is 11.1. The maximum absolute atomic E-state index is 13.2. The van der Waals surface area contributed by atoms with Crippen LogP contribution in [0.25, 0.3) is 0 Å². The molecular weight excluding hydrogens is 991 g/mol. The largest absolute Gasteiger partial charge is 0.478 e. The summed E-state index contributed by atoms with van der Waals surface area (Å²) in [7, 11) is 0. The predicted octanol–water partition coefficient (Wildman–Crippen LogP) is 5.10. The van der Waals surface area contributed by atoms with Gasteiger partial charge in [-0.1, -0.05) is 0 Å². The van der Waals surface area contributed by atoms with Crippen LogP contribution in [0.1, 0.15) is 37.5 Å². The van der Waals surface area contributed by atoms with Gasteiger partial charge in [-0.05, 0) is 131 Å². The van der Waals surface area contributed by atoms with E-state index in [-0.39, 0.29) is 35.5 Å². The molecule has 8 nitrogen and oxygen atoms in total. The molecule has 0 aromatic heterocycles. The molecule has 0 bridgehead atoms. The zero-order valence-corrected chi connectivity index (χ0v) is 26.2. The molecule has 1 fully saturated rings. The Morgan fingerprint density at radius 2 is 1.53 bits per heavy atom. The average Bonchev–Trinajstić information content (AvgIpc) is 3.14. The van der Waals surface area contributed by atoms with Crippen molar-refractivity contribution in [1.29, 1.82) is 0 Å². The molecule has 0 amide bonds. The van der Waals surface area contributed by atoms with Crippen molar-refractivity contribution >= 4 is 137 Å². The summed E-state index contributed by atoms with van der Waals surface area (Å²) in [5, 5.41) is 9.23. The van der Waals surface area contributed by atoms with Crippen molar-refractivity contribution in [2.24, 2.45) is 0 Å². The highest BCUT2D eigenvalue weighted by molar-refractivity contribution is 14.1. The number of carbonyl (C=O) groups excluding carboxylic acids is 3. The molecule has 13 heteroatoms. The zero-order chi connectivity index (χ0) is 23.7. The van der Waals surface area contributed by atoms with Gasteiger partial charge in [0.25, 0.3) is 0 Å². The van der Waals surface area contributed by atoms with Gasteiger partial charge < -0.3 is 19.3 Å². The van der Waals surface area contributed by atoms with Gasteiger partial charge in [0.2, 0.25) is 0 Å². The van der Waals surface area contributed by atoms with Crippen LogP contribution in [-0.2, 0) is 14.3 Å². The first-order valence-corrected chi connectivity index (χ1v) is 13.9. The molecule has 3 rings (SSSR count). The maximum Gasteiger partial charge on any atom is 0.345 e. The van der Waals surface area contributed by atoms with E-state index in [1.54, 1.807) is 0 Å². The normalized spacial score (nSPS) is 15.3. The molecule has 1 saturated heterocycles. The molecule has 1 aliphatic rings. The minimum absolute atomic E-state index is 0.00610. The number of carboxylic acids is 1. The number of rotatable bonds is 5. The van der Waals surface area contributed by atoms with Crippen LogP contribution in [0.3, 0.4) is 0 Å². The molecule has 2 aromatic carbocycles. The van der Waals surface area contributed by atoms with E-state index in [9.17, 15) is 24.3 Å². The van der Waals surface area contributed by atoms with Gasteiger partial charge in [-0.3, -0.25) is 4.79 Å². The Balaban J connectivity index is 2.04. The Morgan fingerprint density at radius 3 is 2.06 bits per heavy atom. The summed E-state index contributed by atoms with van der Waals surface area (Å²) in [6.45, 7) is -0.0420. The lowest BCUT2D eigenvalue weighted by atomic mass is 10.1. The van der Waals surface area contributed by atoms with Crippen molar-refractivity contribution in [2.75, 3.05) is 6.61 Å². The lowest BCUT2D eigenvalue weighted by molar-refractivity contribution is -0.137. The van der Waals surface area contributed by atoms with Gasteiger partial charge in [0, 0.05) is 14.3 Å². The Kier molecular flexibility index (Phi) is 9.25. The number of aromatic carboxylic acids is 1. The van der Waals surface area contributed by atoms with E-state index in [4.69, 9.17) is 14.2 Å². The molecular formula is C19H9I5O8. The lowest BCUT2D eigenvalue weighted by Gasteiger charge is -2.17. The number of esters is 3. The highest BCUT2D eigenvalue weighted by atomic mass is 127. The second-order valence-corrected chi connectivity index (χ2v) is 11.7. The first-order valence-electron chi connectivity index (χ1n) is 8.48. The number of cyclic esters (lactones) is 1. The molecule has 1 atom stereocenters. The first kappa shape index (κ1) is 26.6. The standard InChI is InChI=1S/C19H9I5O8/c20-8-2-1-6(17(26)27)3-9(8)32-19(29)12-11(13(21)15(23)16(24)14(12)22)18(28)31-7-4-10(25)30-5-7/h1-3,7H,4-5H2,(H,26,27). The Bertz CT molecular complexity index is 1160. The Labute approximate surface area is 249 Å². The van der Waals surface area contributed by atoms with Crippen molar-refractivity contribution in [3.63, 3.8) is 0 Å². The van der Waals surface area contributed by atoms with Crippen molar-refractivity contribution in [2.45, 2.75) is 12.5 Å². The molecule has 32 heavy (non-hydrogen) atoms. The lowest BCUT2D eigenvalue weighted by Crippen LogP contribution is -2.25. The molecule has 0 radical (unpaired) electrons. The number of hydrogen-bond donors (Lipinski definition) is 1. The molecule has 1 unspecified atom stereocenters. The SMILES string of the molecule is O=C1CC(OC(=O)c2c(I)c(I)c(I)c(I)c2C(=O)Oc2cc(C(=O)O)ccc2I)CO1. The quantitative estimate of drug-likeness (QED) is 0.145. The van der Waals surface area contributed by atoms with E-state index in [2.05, 4.69) is 45.2 Å². The number of ether oxygens (including phenoxy) is 3. The van der Waals surface area contributed by atoms with Gasteiger partial charge in [-0.2, -0.15) is 0 Å². The third-order valence-corrected chi connectivity index (χ3v) is 12.5. The summed E-state index contributed by atoms with van der Waals surface area (Å²) in [5.74, 6) is -3.16. The van der Waals surface area contributed by atoms with Crippen LogP contribution in [-0.4, -0.2) is 41.7 Å². The molecule has 0 spiro atoms. The molecule has 1 N–H and O–H groups in total. The smallest absolute Gasteiger partial charge is 0.345 e. The van der Waals surface area contributed by atoms with Crippen LogP contribution in [0.2, 0.25) is 0 Å². The van der Waals surface area contributed by atoms with Crippen LogP contribution >= 0.6 is 113 Å². The fraction of sp³-hybridized carbons (Fsp3) is 0.158. The van der Waals surface area contributed by atoms with E-state index in [0.29, 0.717) is 10.7 Å². The summed E-state index contributed by atoms with van der Waals surface area (Å²) in [6.07, 6.45) is -0.793. The third kappa shape index (κ3) is 5.78. The number of hydrogen-bond acceptors (Lipinski definition) is 7. The van der Waals surface area contributed by atoms with Crippen LogP contribution in [0.4, 0.5) is 0 Å². The van der Waals surface area contributed by atoms with E-state index < -0.39 is 30.0 Å². The van der Waals surface area contributed by atoms with Crippen LogP contribution < -0.4 is 4.74 Å². The zero-order valence-electron chi connectivity index (χ0n) is 15.4. The van der Waals surface area contributed by atoms with Crippen LogP contribution in [0.5, 0.6) is 5.75 Å². The highest BCUT2D eigenvalue weighted by Gasteiger charge is 2.34. The highest BCUT2D eigenvalue weighted by Crippen LogP contribution is 2.35. The molecule has 0 aliphatic carbocycles. The van der Waals surface area contributed by atoms with E-state index >= 15 is 0 Å². The van der Waals surface area contributed by atoms with Gasteiger partial charge in [0.15, 0.2) is 0 Å². The molecule has 1 aliphatic heterocycles. The van der Waals surface area contributed by atoms with Gasteiger partial charge in [-0.25, -0.2) is 14.4 Å². The number of carbonyl (C=O) groups is 4. The topological polar surface area (TPSA) is 116 Å². The number of carboxylic acid groups (broad SMARTS) is 1. The van der Waals surface area contributed by atoms with E-state index in [1.807, 2.05) is 67.8 Å². The van der Waals surface area contributed by atoms with E-state index in [1.165, 1.54) is 18.2 Å². The summed E-state index contributed by atoms with van der Waals surface area (Å²) < 4.78 is 18.8. The summed E-state index contributed by atoms with van der Waals surface area (Å²) >= 11 is 10.00. The average molecular weight is 1000 g/mol. The Morgan fingerprint density at radius 1 is 0.938 bits per heavy atom. The van der Waals surface area contributed by atoms with E-state index in [0.717, 1.165) is 7.14 Å². The number of benzene rings is 2. The fourth-order valence-corrected chi connectivity index (χ4v) is 6.73. The monoisotopic (exact) mass is 1000 g/mol. The van der Waals surface area contributed by atoms with Crippen LogP contribution in [0, 0.1) is 17.9 Å². The Hall–Kier alpha value is -0.0300. The van der Waals surface area contributed by atoms with Gasteiger partial charge >= 0.3 is 23.9 Å². The van der Waals surface area contributed by atoms with Crippen molar-refractivity contribution in [1.82, 2.24) is 0 Å². The van der Waals surface area contributed by atoms with Gasteiger partial charge in [-0.15, -0.1) is 0 Å². The van der Waals surface area contributed by atoms with Crippen molar-refractivity contribution < 1.29 is 38.5 Å². The molecule has 0 saturated carbocycles. The maximum atomic E-state index is 13.2. The minimum atomic E-state index is -1.16. The van der Waals surface area contributed by atoms with Gasteiger partial charge in [0.1, 0.15) is 18.5 Å². The fourth-order valence-electron chi connectivity index (χ4n) is 2.66.